The smallest absolute Gasteiger partial charge is 0.244 e. The van der Waals surface area contributed by atoms with Gasteiger partial charge in [0, 0.05) is 26.8 Å². The maximum Gasteiger partial charge on any atom is 0.244 e. The van der Waals surface area contributed by atoms with E-state index in [1.165, 1.54) is 15.6 Å². The number of hydrogen-bond acceptors (Lipinski definition) is 5. The molecule has 1 saturated heterocycles. The van der Waals surface area contributed by atoms with Gasteiger partial charge in [-0.15, -0.1) is 11.3 Å². The van der Waals surface area contributed by atoms with Gasteiger partial charge in [0.05, 0.1) is 11.5 Å². The highest BCUT2D eigenvalue weighted by atomic mass is 32.2. The minimum absolute atomic E-state index is 0.238. The van der Waals surface area contributed by atoms with Crippen molar-refractivity contribution in [3.05, 3.63) is 15.8 Å². The van der Waals surface area contributed by atoms with Crippen molar-refractivity contribution in [2.75, 3.05) is 26.8 Å². The Balaban J connectivity index is 2.18. The lowest BCUT2D eigenvalue weighted by Gasteiger charge is -2.27. The van der Waals surface area contributed by atoms with Crippen LogP contribution in [0, 0.1) is 12.8 Å². The Morgan fingerprint density at radius 3 is 2.70 bits per heavy atom. The Kier molecular flexibility index (Phi) is 5.19. The number of sulfonamides is 1. The molecule has 0 aromatic carbocycles. The van der Waals surface area contributed by atoms with E-state index in [9.17, 15) is 13.5 Å². The number of rotatable bonds is 5. The fourth-order valence-electron chi connectivity index (χ4n) is 2.49. The van der Waals surface area contributed by atoms with Gasteiger partial charge < -0.3 is 9.84 Å². The van der Waals surface area contributed by atoms with Gasteiger partial charge >= 0.3 is 0 Å². The fourth-order valence-corrected chi connectivity index (χ4v) is 5.34. The summed E-state index contributed by atoms with van der Waals surface area (Å²) in [5.41, 5.74) is 0.706. The average Bonchev–Trinajstić information content (AvgIpc) is 2.81. The van der Waals surface area contributed by atoms with E-state index in [0.717, 1.165) is 12.8 Å². The number of nitrogens with zero attached hydrogens (tertiary/aromatic N) is 1. The second-order valence-corrected chi connectivity index (χ2v) is 8.12. The van der Waals surface area contributed by atoms with Crippen molar-refractivity contribution in [2.24, 2.45) is 5.92 Å². The SMILES string of the molecule is Cc1csc(CO)c1S(=O)(=O)N(C)CC1CCOCC1. The van der Waals surface area contributed by atoms with Crippen molar-refractivity contribution in [3.8, 4) is 0 Å². The molecule has 114 valence electrons. The van der Waals surface area contributed by atoms with Crippen LogP contribution in [0.15, 0.2) is 10.3 Å². The van der Waals surface area contributed by atoms with Crippen LogP contribution in [-0.4, -0.2) is 44.6 Å². The fraction of sp³-hybridized carbons (Fsp3) is 0.692. The second kappa shape index (κ2) is 6.53. The maximum absolute atomic E-state index is 12.7. The summed E-state index contributed by atoms with van der Waals surface area (Å²) in [5, 5.41) is 11.1. The molecule has 1 aliphatic rings. The monoisotopic (exact) mass is 319 g/mol. The van der Waals surface area contributed by atoms with Crippen molar-refractivity contribution in [3.63, 3.8) is 0 Å². The standard InChI is InChI=1S/C13H21NO4S2/c1-10-9-19-12(8-15)13(10)20(16,17)14(2)7-11-3-5-18-6-4-11/h9,11,15H,3-8H2,1-2H3. The molecule has 1 N–H and O–H groups in total. The average molecular weight is 319 g/mol. The summed E-state index contributed by atoms with van der Waals surface area (Å²) in [7, 11) is -1.91. The Morgan fingerprint density at radius 2 is 2.10 bits per heavy atom. The topological polar surface area (TPSA) is 66.8 Å². The lowest BCUT2D eigenvalue weighted by atomic mass is 10.0. The molecule has 0 radical (unpaired) electrons. The van der Waals surface area contributed by atoms with Crippen LogP contribution in [0.2, 0.25) is 0 Å². The van der Waals surface area contributed by atoms with Crippen LogP contribution in [0.3, 0.4) is 0 Å². The van der Waals surface area contributed by atoms with E-state index in [1.807, 2.05) is 0 Å². The number of aryl methyl sites for hydroxylation is 1. The summed E-state index contributed by atoms with van der Waals surface area (Å²) in [5.74, 6) is 0.347. The zero-order valence-electron chi connectivity index (χ0n) is 11.8. The molecule has 2 heterocycles. The molecule has 0 bridgehead atoms. The summed E-state index contributed by atoms with van der Waals surface area (Å²) in [6, 6.07) is 0. The molecule has 5 nitrogen and oxygen atoms in total. The van der Waals surface area contributed by atoms with Crippen molar-refractivity contribution in [2.45, 2.75) is 31.3 Å². The quantitative estimate of drug-likeness (QED) is 0.895. The number of hydrogen-bond donors (Lipinski definition) is 1. The molecular formula is C13H21NO4S2. The summed E-state index contributed by atoms with van der Waals surface area (Å²) < 4.78 is 32.0. The van der Waals surface area contributed by atoms with Crippen LogP contribution in [0.4, 0.5) is 0 Å². The van der Waals surface area contributed by atoms with E-state index in [-0.39, 0.29) is 11.5 Å². The van der Waals surface area contributed by atoms with Crippen molar-refractivity contribution in [1.29, 1.82) is 0 Å². The summed E-state index contributed by atoms with van der Waals surface area (Å²) in [6.45, 7) is 3.45. The first-order valence-electron chi connectivity index (χ1n) is 6.68. The third kappa shape index (κ3) is 3.23. The molecule has 1 aromatic rings. The predicted molar refractivity (Wildman–Crippen MR) is 78.3 cm³/mol. The van der Waals surface area contributed by atoms with Gasteiger partial charge in [-0.2, -0.15) is 0 Å². The number of aliphatic hydroxyl groups excluding tert-OH is 1. The summed E-state index contributed by atoms with van der Waals surface area (Å²) >= 11 is 1.29. The molecule has 0 spiro atoms. The van der Waals surface area contributed by atoms with Gasteiger partial charge in [0.15, 0.2) is 0 Å². The van der Waals surface area contributed by atoms with Crippen molar-refractivity contribution >= 4 is 21.4 Å². The highest BCUT2D eigenvalue weighted by molar-refractivity contribution is 7.89. The molecule has 0 saturated carbocycles. The van der Waals surface area contributed by atoms with Gasteiger partial charge in [-0.25, -0.2) is 12.7 Å². The Hall–Kier alpha value is -0.470. The Labute approximate surface area is 124 Å². The minimum atomic E-state index is -3.53. The minimum Gasteiger partial charge on any atom is -0.391 e. The molecule has 20 heavy (non-hydrogen) atoms. The van der Waals surface area contributed by atoms with E-state index in [1.54, 1.807) is 19.4 Å². The number of thiophene rings is 1. The van der Waals surface area contributed by atoms with Crippen molar-refractivity contribution < 1.29 is 18.3 Å². The van der Waals surface area contributed by atoms with Crippen LogP contribution in [0.5, 0.6) is 0 Å². The molecule has 1 aromatic heterocycles. The van der Waals surface area contributed by atoms with Gasteiger partial charge in [0.2, 0.25) is 10.0 Å². The van der Waals surface area contributed by atoms with E-state index in [2.05, 4.69) is 0 Å². The zero-order valence-corrected chi connectivity index (χ0v) is 13.5. The Morgan fingerprint density at radius 1 is 1.45 bits per heavy atom. The van der Waals surface area contributed by atoms with Gasteiger partial charge in [-0.3, -0.25) is 0 Å². The molecule has 0 amide bonds. The summed E-state index contributed by atoms with van der Waals surface area (Å²) in [6.07, 6.45) is 1.80. The highest BCUT2D eigenvalue weighted by Crippen LogP contribution is 2.30. The summed E-state index contributed by atoms with van der Waals surface area (Å²) in [4.78, 5) is 0.792. The third-order valence-corrected chi connectivity index (χ3v) is 6.93. The third-order valence-electron chi connectivity index (χ3n) is 3.66. The molecular weight excluding hydrogens is 298 g/mol. The van der Waals surface area contributed by atoms with E-state index >= 15 is 0 Å². The predicted octanol–water partition coefficient (Wildman–Crippen LogP) is 1.60. The molecule has 1 fully saturated rings. The van der Waals surface area contributed by atoms with Gasteiger partial charge in [0.25, 0.3) is 0 Å². The normalized spacial score (nSPS) is 17.8. The lowest BCUT2D eigenvalue weighted by Crippen LogP contribution is -2.34. The van der Waals surface area contributed by atoms with Crippen LogP contribution in [-0.2, 0) is 21.4 Å². The molecule has 1 aliphatic heterocycles. The van der Waals surface area contributed by atoms with E-state index in [0.29, 0.717) is 36.1 Å². The van der Waals surface area contributed by atoms with Crippen LogP contribution in [0.1, 0.15) is 23.3 Å². The zero-order chi connectivity index (χ0) is 14.8. The first-order valence-corrected chi connectivity index (χ1v) is 9.00. The maximum atomic E-state index is 12.7. The molecule has 0 aliphatic carbocycles. The Bertz CT molecular complexity index is 547. The van der Waals surface area contributed by atoms with Crippen LogP contribution < -0.4 is 0 Å². The van der Waals surface area contributed by atoms with E-state index < -0.39 is 10.0 Å². The van der Waals surface area contributed by atoms with Gasteiger partial charge in [0.1, 0.15) is 4.90 Å². The van der Waals surface area contributed by atoms with Gasteiger partial charge in [-0.05, 0) is 36.6 Å². The van der Waals surface area contributed by atoms with Gasteiger partial charge in [-0.1, -0.05) is 0 Å². The lowest BCUT2D eigenvalue weighted by molar-refractivity contribution is 0.0620. The van der Waals surface area contributed by atoms with E-state index in [4.69, 9.17) is 4.74 Å². The van der Waals surface area contributed by atoms with Crippen LogP contribution in [0.25, 0.3) is 0 Å². The molecule has 7 heteroatoms. The largest absolute Gasteiger partial charge is 0.391 e. The second-order valence-electron chi connectivity index (χ2n) is 5.17. The molecule has 2 rings (SSSR count). The first kappa shape index (κ1) is 15.9. The number of aliphatic hydroxyl groups is 1. The first-order chi connectivity index (χ1) is 9.46. The van der Waals surface area contributed by atoms with Crippen LogP contribution >= 0.6 is 11.3 Å². The van der Waals surface area contributed by atoms with Crippen molar-refractivity contribution in [1.82, 2.24) is 4.31 Å². The number of ether oxygens (including phenoxy) is 1. The highest BCUT2D eigenvalue weighted by Gasteiger charge is 2.29. The molecule has 0 unspecified atom stereocenters. The molecule has 0 atom stereocenters.